The molecule has 0 bridgehead atoms. The van der Waals surface area contributed by atoms with Crippen molar-refractivity contribution in [1.82, 2.24) is 9.80 Å². The summed E-state index contributed by atoms with van der Waals surface area (Å²) in [4.78, 5) is 6.41. The normalized spacial score (nSPS) is 27.0. The molecule has 1 atom stereocenters. The number of hydrogen-bond donors (Lipinski definition) is 0. The first-order valence-corrected chi connectivity index (χ1v) is 7.29. The number of nitrogens with zero attached hydrogens (tertiary/aromatic N) is 2. The van der Waals surface area contributed by atoms with Gasteiger partial charge in [-0.3, -0.25) is 4.90 Å². The van der Waals surface area contributed by atoms with Gasteiger partial charge in [0.1, 0.15) is 6.10 Å². The standard InChI is InChI=1S/C13H20N2OS/c1-14-4-6-15(7-5-14)10-12-13-11(2-8-16-12)3-9-17-13/h3,9,12H,2,4-8,10H2,1H3. The fraction of sp³-hybridized carbons (Fsp3) is 0.692. The van der Waals surface area contributed by atoms with E-state index in [0.29, 0.717) is 6.10 Å². The van der Waals surface area contributed by atoms with Gasteiger partial charge in [0, 0.05) is 37.6 Å². The number of likely N-dealkylation sites (N-methyl/N-ethyl adjacent to an activating group) is 1. The van der Waals surface area contributed by atoms with Crippen LogP contribution in [0.25, 0.3) is 0 Å². The minimum Gasteiger partial charge on any atom is -0.371 e. The van der Waals surface area contributed by atoms with Gasteiger partial charge in [0.25, 0.3) is 0 Å². The van der Waals surface area contributed by atoms with E-state index in [1.807, 2.05) is 11.3 Å². The van der Waals surface area contributed by atoms with Gasteiger partial charge < -0.3 is 9.64 Å². The summed E-state index contributed by atoms with van der Waals surface area (Å²) in [6.07, 6.45) is 1.42. The lowest BCUT2D eigenvalue weighted by Gasteiger charge is -2.35. The zero-order valence-corrected chi connectivity index (χ0v) is 11.2. The van der Waals surface area contributed by atoms with E-state index >= 15 is 0 Å². The van der Waals surface area contributed by atoms with Crippen molar-refractivity contribution in [3.63, 3.8) is 0 Å². The van der Waals surface area contributed by atoms with Crippen molar-refractivity contribution < 1.29 is 4.74 Å². The van der Waals surface area contributed by atoms with Crippen LogP contribution in [0.3, 0.4) is 0 Å². The lowest BCUT2D eigenvalue weighted by Crippen LogP contribution is -2.46. The van der Waals surface area contributed by atoms with Crippen molar-refractivity contribution >= 4 is 11.3 Å². The van der Waals surface area contributed by atoms with Crippen molar-refractivity contribution in [3.8, 4) is 0 Å². The second-order valence-corrected chi connectivity index (χ2v) is 5.97. The van der Waals surface area contributed by atoms with E-state index in [2.05, 4.69) is 28.3 Å². The largest absolute Gasteiger partial charge is 0.371 e. The molecule has 1 aromatic heterocycles. The van der Waals surface area contributed by atoms with Crippen molar-refractivity contribution in [1.29, 1.82) is 0 Å². The van der Waals surface area contributed by atoms with Crippen LogP contribution in [0.2, 0.25) is 0 Å². The molecule has 0 spiro atoms. The fourth-order valence-corrected chi connectivity index (χ4v) is 3.62. The molecule has 1 saturated heterocycles. The smallest absolute Gasteiger partial charge is 0.105 e. The Morgan fingerprint density at radius 1 is 1.35 bits per heavy atom. The molecule has 0 saturated carbocycles. The third kappa shape index (κ3) is 2.55. The van der Waals surface area contributed by atoms with Crippen LogP contribution in [0.4, 0.5) is 0 Å². The third-order valence-corrected chi connectivity index (χ3v) is 4.83. The molecule has 0 amide bonds. The predicted octanol–water partition coefficient (Wildman–Crippen LogP) is 1.61. The Bertz CT molecular complexity index is 371. The SMILES string of the molecule is CN1CCN(CC2OCCc3ccsc32)CC1. The summed E-state index contributed by atoms with van der Waals surface area (Å²) in [5.41, 5.74) is 1.51. The van der Waals surface area contributed by atoms with Crippen LogP contribution in [0.1, 0.15) is 16.5 Å². The molecule has 3 rings (SSSR count). The first-order valence-electron chi connectivity index (χ1n) is 6.42. The Kier molecular flexibility index (Phi) is 3.47. The van der Waals surface area contributed by atoms with Crippen LogP contribution in [-0.4, -0.2) is 56.2 Å². The van der Waals surface area contributed by atoms with Gasteiger partial charge in [0.15, 0.2) is 0 Å². The van der Waals surface area contributed by atoms with Gasteiger partial charge in [-0.25, -0.2) is 0 Å². The molecule has 94 valence electrons. The quantitative estimate of drug-likeness (QED) is 0.795. The van der Waals surface area contributed by atoms with E-state index in [1.54, 1.807) is 0 Å². The highest BCUT2D eigenvalue weighted by molar-refractivity contribution is 7.10. The van der Waals surface area contributed by atoms with Gasteiger partial charge in [-0.2, -0.15) is 0 Å². The van der Waals surface area contributed by atoms with Gasteiger partial charge in [0.05, 0.1) is 6.61 Å². The molecule has 3 nitrogen and oxygen atoms in total. The summed E-state index contributed by atoms with van der Waals surface area (Å²) in [6, 6.07) is 2.26. The third-order valence-electron chi connectivity index (χ3n) is 3.78. The zero-order chi connectivity index (χ0) is 11.7. The fourth-order valence-electron chi connectivity index (χ4n) is 2.62. The van der Waals surface area contributed by atoms with E-state index in [-0.39, 0.29) is 0 Å². The minimum absolute atomic E-state index is 0.321. The lowest BCUT2D eigenvalue weighted by molar-refractivity contribution is 0.00908. The molecule has 0 aliphatic carbocycles. The summed E-state index contributed by atoms with van der Waals surface area (Å²) < 4.78 is 5.95. The van der Waals surface area contributed by atoms with E-state index < -0.39 is 0 Å². The van der Waals surface area contributed by atoms with E-state index in [9.17, 15) is 0 Å². The van der Waals surface area contributed by atoms with E-state index in [1.165, 1.54) is 36.6 Å². The second-order valence-electron chi connectivity index (χ2n) is 5.02. The van der Waals surface area contributed by atoms with E-state index in [4.69, 9.17) is 4.74 Å². The molecule has 3 heterocycles. The Morgan fingerprint density at radius 3 is 3.00 bits per heavy atom. The van der Waals surface area contributed by atoms with Crippen LogP contribution >= 0.6 is 11.3 Å². The number of piperazine rings is 1. The minimum atomic E-state index is 0.321. The molecular weight excluding hydrogens is 232 g/mol. The Balaban J connectivity index is 1.63. The average Bonchev–Trinajstić information content (AvgIpc) is 2.81. The summed E-state index contributed by atoms with van der Waals surface area (Å²) in [5, 5.41) is 2.20. The highest BCUT2D eigenvalue weighted by Crippen LogP contribution is 2.32. The Morgan fingerprint density at radius 2 is 2.18 bits per heavy atom. The first-order chi connectivity index (χ1) is 8.33. The Hall–Kier alpha value is -0.420. The van der Waals surface area contributed by atoms with Gasteiger partial charge >= 0.3 is 0 Å². The molecule has 17 heavy (non-hydrogen) atoms. The molecule has 0 aromatic carbocycles. The molecule has 0 radical (unpaired) electrons. The van der Waals surface area contributed by atoms with E-state index in [0.717, 1.165) is 19.6 Å². The number of thiophene rings is 1. The van der Waals surface area contributed by atoms with Crippen molar-refractivity contribution in [2.75, 3.05) is 46.4 Å². The molecule has 4 heteroatoms. The number of rotatable bonds is 2. The van der Waals surface area contributed by atoms with Crippen molar-refractivity contribution in [2.24, 2.45) is 0 Å². The number of ether oxygens (including phenoxy) is 1. The topological polar surface area (TPSA) is 15.7 Å². The molecule has 2 aliphatic heterocycles. The molecule has 2 aliphatic rings. The van der Waals surface area contributed by atoms with Crippen LogP contribution < -0.4 is 0 Å². The summed E-state index contributed by atoms with van der Waals surface area (Å²) in [7, 11) is 2.20. The highest BCUT2D eigenvalue weighted by Gasteiger charge is 2.25. The number of hydrogen-bond acceptors (Lipinski definition) is 4. The molecule has 1 aromatic rings. The van der Waals surface area contributed by atoms with Gasteiger partial charge in [0.2, 0.25) is 0 Å². The summed E-state index contributed by atoms with van der Waals surface area (Å²) in [6.45, 7) is 6.69. The average molecular weight is 252 g/mol. The Labute approximate surface area is 107 Å². The number of fused-ring (bicyclic) bond motifs is 1. The van der Waals surface area contributed by atoms with Gasteiger partial charge in [-0.1, -0.05) is 0 Å². The van der Waals surface area contributed by atoms with Crippen molar-refractivity contribution in [2.45, 2.75) is 12.5 Å². The maximum Gasteiger partial charge on any atom is 0.105 e. The van der Waals surface area contributed by atoms with Crippen LogP contribution in [0, 0.1) is 0 Å². The molecule has 0 N–H and O–H groups in total. The monoisotopic (exact) mass is 252 g/mol. The summed E-state index contributed by atoms with van der Waals surface area (Å²) in [5.74, 6) is 0. The van der Waals surface area contributed by atoms with Crippen LogP contribution in [-0.2, 0) is 11.2 Å². The maximum atomic E-state index is 5.95. The maximum absolute atomic E-state index is 5.95. The lowest BCUT2D eigenvalue weighted by atomic mass is 10.1. The molecule has 1 unspecified atom stereocenters. The van der Waals surface area contributed by atoms with Crippen LogP contribution in [0.15, 0.2) is 11.4 Å². The summed E-state index contributed by atoms with van der Waals surface area (Å²) >= 11 is 1.86. The molecule has 1 fully saturated rings. The predicted molar refractivity (Wildman–Crippen MR) is 70.7 cm³/mol. The molecular formula is C13H20N2OS. The first kappa shape index (κ1) is 11.7. The van der Waals surface area contributed by atoms with Crippen LogP contribution in [0.5, 0.6) is 0 Å². The van der Waals surface area contributed by atoms with Gasteiger partial charge in [-0.15, -0.1) is 11.3 Å². The van der Waals surface area contributed by atoms with Crippen molar-refractivity contribution in [3.05, 3.63) is 21.9 Å². The highest BCUT2D eigenvalue weighted by atomic mass is 32.1. The zero-order valence-electron chi connectivity index (χ0n) is 10.4. The van der Waals surface area contributed by atoms with Gasteiger partial charge in [-0.05, 0) is 30.5 Å². The second kappa shape index (κ2) is 5.06.